The number of Topliss-reactive ketones (excluding diaryl/α,β-unsaturated/α-hetero) is 1. The molecule has 0 bridgehead atoms. The van der Waals surface area contributed by atoms with Crippen molar-refractivity contribution in [2.45, 2.75) is 6.92 Å². The highest BCUT2D eigenvalue weighted by Crippen LogP contribution is 1.99. The monoisotopic (exact) mass is 264 g/mol. The number of ketones is 1. The molecule has 0 atom stereocenters. The van der Waals surface area contributed by atoms with Crippen molar-refractivity contribution in [3.05, 3.63) is 35.9 Å². The number of nitrogens with one attached hydrogen (secondary N) is 2. The Labute approximate surface area is 108 Å². The maximum Gasteiger partial charge on any atom is 0.398 e. The van der Waals surface area contributed by atoms with Gasteiger partial charge in [0.05, 0.1) is 6.61 Å². The van der Waals surface area contributed by atoms with Crippen LogP contribution in [0.1, 0.15) is 17.3 Å². The largest absolute Gasteiger partial charge is 0.459 e. The van der Waals surface area contributed by atoms with Crippen molar-refractivity contribution in [2.75, 3.05) is 6.61 Å². The summed E-state index contributed by atoms with van der Waals surface area (Å²) in [5, 5.41) is 0. The van der Waals surface area contributed by atoms with Crippen LogP contribution in [0.2, 0.25) is 0 Å². The first-order valence-electron chi connectivity index (χ1n) is 5.43. The first-order valence-corrected chi connectivity index (χ1v) is 5.43. The lowest BCUT2D eigenvalue weighted by atomic mass is 10.1. The molecule has 0 spiro atoms. The normalized spacial score (nSPS) is 9.32. The summed E-state index contributed by atoms with van der Waals surface area (Å²) in [6.45, 7) is 1.56. The molecule has 2 amide bonds. The van der Waals surface area contributed by atoms with E-state index in [2.05, 4.69) is 4.74 Å². The predicted octanol–water partition coefficient (Wildman–Crippen LogP) is -0.420. The lowest BCUT2D eigenvalue weighted by molar-refractivity contribution is -0.155. The van der Waals surface area contributed by atoms with Crippen LogP contribution in [0, 0.1) is 0 Å². The summed E-state index contributed by atoms with van der Waals surface area (Å²) in [7, 11) is 0. The SMILES string of the molecule is CCOC(=O)C(=O)NNC(=O)C(=O)c1ccccc1. The van der Waals surface area contributed by atoms with Gasteiger partial charge >= 0.3 is 17.8 Å². The van der Waals surface area contributed by atoms with Crippen molar-refractivity contribution in [3.8, 4) is 0 Å². The van der Waals surface area contributed by atoms with Gasteiger partial charge in [0.1, 0.15) is 0 Å². The van der Waals surface area contributed by atoms with Crippen LogP contribution < -0.4 is 10.9 Å². The first kappa shape index (κ1) is 14.4. The van der Waals surface area contributed by atoms with Gasteiger partial charge in [0.25, 0.3) is 5.78 Å². The second-order valence-corrected chi connectivity index (χ2v) is 3.32. The number of esters is 1. The lowest BCUT2D eigenvalue weighted by Gasteiger charge is -2.05. The topological polar surface area (TPSA) is 102 Å². The van der Waals surface area contributed by atoms with E-state index >= 15 is 0 Å². The molecule has 1 aromatic carbocycles. The van der Waals surface area contributed by atoms with Gasteiger partial charge in [0.2, 0.25) is 0 Å². The lowest BCUT2D eigenvalue weighted by Crippen LogP contribution is -2.47. The molecule has 7 nitrogen and oxygen atoms in total. The van der Waals surface area contributed by atoms with E-state index in [-0.39, 0.29) is 12.2 Å². The molecule has 0 radical (unpaired) electrons. The highest BCUT2D eigenvalue weighted by atomic mass is 16.5. The fourth-order valence-corrected chi connectivity index (χ4v) is 1.14. The highest BCUT2D eigenvalue weighted by Gasteiger charge is 2.19. The van der Waals surface area contributed by atoms with E-state index in [1.54, 1.807) is 23.6 Å². The number of ether oxygens (including phenoxy) is 1. The molecule has 0 aliphatic carbocycles. The van der Waals surface area contributed by atoms with Gasteiger partial charge in [-0.2, -0.15) is 0 Å². The fraction of sp³-hybridized carbons (Fsp3) is 0.167. The number of carbonyl (C=O) groups is 4. The zero-order valence-corrected chi connectivity index (χ0v) is 10.1. The molecule has 1 aromatic rings. The van der Waals surface area contributed by atoms with Crippen molar-refractivity contribution in [2.24, 2.45) is 0 Å². The van der Waals surface area contributed by atoms with Crippen LogP contribution in [-0.2, 0) is 19.1 Å². The van der Waals surface area contributed by atoms with Crippen molar-refractivity contribution >= 4 is 23.6 Å². The third-order valence-electron chi connectivity index (χ3n) is 1.99. The molecule has 19 heavy (non-hydrogen) atoms. The second-order valence-electron chi connectivity index (χ2n) is 3.32. The quantitative estimate of drug-likeness (QED) is 0.334. The summed E-state index contributed by atoms with van der Waals surface area (Å²) in [6, 6.07) is 7.79. The number of hydrazine groups is 1. The van der Waals surface area contributed by atoms with E-state index in [1.165, 1.54) is 19.1 Å². The van der Waals surface area contributed by atoms with Gasteiger partial charge in [-0.1, -0.05) is 30.3 Å². The third kappa shape index (κ3) is 4.23. The minimum absolute atomic E-state index is 0.0309. The van der Waals surface area contributed by atoms with Gasteiger partial charge in [0.15, 0.2) is 0 Å². The molecule has 0 heterocycles. The van der Waals surface area contributed by atoms with E-state index < -0.39 is 23.6 Å². The Balaban J connectivity index is 2.50. The van der Waals surface area contributed by atoms with Crippen LogP contribution >= 0.6 is 0 Å². The number of amides is 2. The standard InChI is InChI=1S/C12H12N2O5/c1-2-19-12(18)11(17)14-13-10(16)9(15)8-6-4-3-5-7-8/h3-7H,2H2,1H3,(H,13,16)(H,14,17). The van der Waals surface area contributed by atoms with Gasteiger partial charge in [-0.3, -0.25) is 25.2 Å². The van der Waals surface area contributed by atoms with Gasteiger partial charge in [-0.05, 0) is 6.92 Å². The minimum Gasteiger partial charge on any atom is -0.459 e. The van der Waals surface area contributed by atoms with E-state index in [0.29, 0.717) is 0 Å². The summed E-state index contributed by atoms with van der Waals surface area (Å²) in [5.41, 5.74) is 3.79. The Hall–Kier alpha value is -2.70. The summed E-state index contributed by atoms with van der Waals surface area (Å²) in [6.07, 6.45) is 0. The maximum absolute atomic E-state index is 11.6. The molecule has 100 valence electrons. The number of hydrogen-bond acceptors (Lipinski definition) is 5. The predicted molar refractivity (Wildman–Crippen MR) is 63.7 cm³/mol. The number of hydrogen-bond donors (Lipinski definition) is 2. The van der Waals surface area contributed by atoms with E-state index in [0.717, 1.165) is 0 Å². The van der Waals surface area contributed by atoms with Gasteiger partial charge in [-0.25, -0.2) is 4.79 Å². The Bertz CT molecular complexity index is 498. The third-order valence-corrected chi connectivity index (χ3v) is 1.99. The minimum atomic E-state index is -1.16. The molecule has 7 heteroatoms. The summed E-state index contributed by atoms with van der Waals surface area (Å²) in [5.74, 6) is -4.18. The second kappa shape index (κ2) is 6.90. The summed E-state index contributed by atoms with van der Waals surface area (Å²) >= 11 is 0. The van der Waals surface area contributed by atoms with Crippen LogP contribution in [0.5, 0.6) is 0 Å². The first-order chi connectivity index (χ1) is 9.06. The maximum atomic E-state index is 11.6. The Kier molecular flexibility index (Phi) is 5.21. The number of benzene rings is 1. The molecule has 0 saturated carbocycles. The molecule has 0 saturated heterocycles. The highest BCUT2D eigenvalue weighted by molar-refractivity contribution is 6.43. The molecule has 2 N–H and O–H groups in total. The Morgan fingerprint density at radius 3 is 2.16 bits per heavy atom. The Morgan fingerprint density at radius 2 is 1.58 bits per heavy atom. The van der Waals surface area contributed by atoms with Crippen LogP contribution in [0.3, 0.4) is 0 Å². The molecular formula is C12H12N2O5. The molecule has 1 rings (SSSR count). The Morgan fingerprint density at radius 1 is 1.00 bits per heavy atom. The average Bonchev–Trinajstić information content (AvgIpc) is 2.44. The van der Waals surface area contributed by atoms with Crippen LogP contribution in [-0.4, -0.2) is 30.2 Å². The van der Waals surface area contributed by atoms with Crippen LogP contribution in [0.15, 0.2) is 30.3 Å². The zero-order chi connectivity index (χ0) is 14.3. The van der Waals surface area contributed by atoms with E-state index in [1.807, 2.05) is 5.43 Å². The van der Waals surface area contributed by atoms with E-state index in [9.17, 15) is 19.2 Å². The van der Waals surface area contributed by atoms with Gasteiger partial charge in [-0.15, -0.1) is 0 Å². The van der Waals surface area contributed by atoms with Crippen molar-refractivity contribution < 1.29 is 23.9 Å². The van der Waals surface area contributed by atoms with E-state index in [4.69, 9.17) is 0 Å². The van der Waals surface area contributed by atoms with Gasteiger partial charge < -0.3 is 4.74 Å². The number of carbonyl (C=O) groups excluding carboxylic acids is 4. The van der Waals surface area contributed by atoms with Crippen molar-refractivity contribution in [1.82, 2.24) is 10.9 Å². The molecular weight excluding hydrogens is 252 g/mol. The molecule has 0 unspecified atom stereocenters. The van der Waals surface area contributed by atoms with Crippen LogP contribution in [0.4, 0.5) is 0 Å². The van der Waals surface area contributed by atoms with Gasteiger partial charge in [0, 0.05) is 5.56 Å². The van der Waals surface area contributed by atoms with Crippen LogP contribution in [0.25, 0.3) is 0 Å². The number of rotatable bonds is 3. The van der Waals surface area contributed by atoms with Crippen molar-refractivity contribution in [3.63, 3.8) is 0 Å². The smallest absolute Gasteiger partial charge is 0.398 e. The zero-order valence-electron chi connectivity index (χ0n) is 10.1. The summed E-state index contributed by atoms with van der Waals surface area (Å²) < 4.78 is 4.39. The molecule has 0 aliphatic rings. The molecule has 0 aromatic heterocycles. The summed E-state index contributed by atoms with van der Waals surface area (Å²) in [4.78, 5) is 45.0. The molecule has 0 fully saturated rings. The average molecular weight is 264 g/mol. The fourth-order valence-electron chi connectivity index (χ4n) is 1.14. The molecule has 0 aliphatic heterocycles. The van der Waals surface area contributed by atoms with Crippen molar-refractivity contribution in [1.29, 1.82) is 0 Å².